The molecular formula is C14H17BClNO6. The lowest BCUT2D eigenvalue weighted by Crippen LogP contribution is -2.29. The minimum Gasteiger partial charge on any atom is -0.466 e. The third-order valence-corrected chi connectivity index (χ3v) is 3.56. The average Bonchev–Trinajstić information content (AvgIpc) is 2.75. The van der Waals surface area contributed by atoms with Gasteiger partial charge in [-0.25, -0.2) is 4.79 Å². The van der Waals surface area contributed by atoms with Gasteiger partial charge in [0.2, 0.25) is 0 Å². The van der Waals surface area contributed by atoms with E-state index in [0.29, 0.717) is 11.0 Å². The van der Waals surface area contributed by atoms with Crippen LogP contribution in [0, 0.1) is 0 Å². The van der Waals surface area contributed by atoms with Crippen molar-refractivity contribution in [2.24, 2.45) is 0 Å². The van der Waals surface area contributed by atoms with E-state index in [9.17, 15) is 14.6 Å². The number of hydrogen-bond acceptors (Lipinski definition) is 6. The molecule has 1 amide bonds. The van der Waals surface area contributed by atoms with Gasteiger partial charge in [-0.1, -0.05) is 11.6 Å². The van der Waals surface area contributed by atoms with E-state index < -0.39 is 25.3 Å². The highest BCUT2D eigenvalue weighted by Crippen LogP contribution is 2.35. The van der Waals surface area contributed by atoms with Crippen LogP contribution in [-0.4, -0.2) is 49.8 Å². The molecule has 0 saturated heterocycles. The van der Waals surface area contributed by atoms with Gasteiger partial charge in [0, 0.05) is 19.1 Å². The van der Waals surface area contributed by atoms with E-state index in [2.05, 4.69) is 0 Å². The quantitative estimate of drug-likeness (QED) is 0.652. The molecule has 1 unspecified atom stereocenters. The number of esters is 1. The van der Waals surface area contributed by atoms with Crippen LogP contribution in [-0.2, 0) is 14.2 Å². The Bertz CT molecular complexity index is 624. The molecule has 0 aromatic heterocycles. The largest absolute Gasteiger partial charge is 0.492 e. The zero-order chi connectivity index (χ0) is 17.1. The third-order valence-electron chi connectivity index (χ3n) is 3.24. The van der Waals surface area contributed by atoms with E-state index in [1.165, 1.54) is 17.0 Å². The van der Waals surface area contributed by atoms with Gasteiger partial charge in [-0.05, 0) is 30.1 Å². The number of carbonyl (C=O) groups is 2. The lowest BCUT2D eigenvalue weighted by atomic mass is 9.79. The fourth-order valence-electron chi connectivity index (χ4n) is 2.23. The molecule has 23 heavy (non-hydrogen) atoms. The van der Waals surface area contributed by atoms with Crippen LogP contribution in [0.2, 0.25) is 5.02 Å². The highest BCUT2D eigenvalue weighted by molar-refractivity contribution is 6.62. The smallest absolute Gasteiger partial charge is 0.466 e. The van der Waals surface area contributed by atoms with Crippen molar-refractivity contribution in [1.29, 1.82) is 0 Å². The van der Waals surface area contributed by atoms with Crippen molar-refractivity contribution in [2.75, 3.05) is 20.7 Å². The molecule has 124 valence electrons. The van der Waals surface area contributed by atoms with Gasteiger partial charge in [-0.2, -0.15) is 0 Å². The van der Waals surface area contributed by atoms with Crippen molar-refractivity contribution in [3.8, 4) is 5.75 Å². The van der Waals surface area contributed by atoms with E-state index in [1.807, 2.05) is 0 Å². The highest BCUT2D eigenvalue weighted by Gasteiger charge is 2.38. The van der Waals surface area contributed by atoms with Crippen molar-refractivity contribution in [1.82, 2.24) is 4.90 Å². The van der Waals surface area contributed by atoms with Gasteiger partial charge in [0.15, 0.2) is 0 Å². The van der Waals surface area contributed by atoms with Gasteiger partial charge in [0.05, 0.1) is 19.1 Å². The summed E-state index contributed by atoms with van der Waals surface area (Å²) in [5.41, 5.74) is 0.866. The van der Waals surface area contributed by atoms with E-state index in [-0.39, 0.29) is 23.8 Å². The second-order valence-electron chi connectivity index (χ2n) is 5.16. The number of hydrogen-bond donors (Lipinski definition) is 1. The summed E-state index contributed by atoms with van der Waals surface area (Å²) in [5.74, 6) is -0.261. The van der Waals surface area contributed by atoms with Gasteiger partial charge in [0.1, 0.15) is 5.75 Å². The topological polar surface area (TPSA) is 85.3 Å². The first kappa shape index (κ1) is 17.6. The van der Waals surface area contributed by atoms with Gasteiger partial charge < -0.3 is 24.1 Å². The summed E-state index contributed by atoms with van der Waals surface area (Å²) in [4.78, 5) is 24.5. The van der Waals surface area contributed by atoms with E-state index >= 15 is 0 Å². The third kappa shape index (κ3) is 3.96. The molecule has 1 aliphatic rings. The maximum Gasteiger partial charge on any atom is 0.492 e. The Morgan fingerprint density at radius 3 is 2.74 bits per heavy atom. The fourth-order valence-corrected chi connectivity index (χ4v) is 2.56. The summed E-state index contributed by atoms with van der Waals surface area (Å²) < 4.78 is 15.4. The zero-order valence-electron chi connectivity index (χ0n) is 13.0. The van der Waals surface area contributed by atoms with Crippen LogP contribution in [0.3, 0.4) is 0 Å². The monoisotopic (exact) mass is 341 g/mol. The molecule has 1 aromatic rings. The number of halogens is 1. The van der Waals surface area contributed by atoms with Crippen molar-refractivity contribution in [3.63, 3.8) is 0 Å². The number of carbonyl (C=O) groups excluding carboxylic acids is 2. The standard InChI is InChI=1S/C14H17BClNO6/c1-4-21-12(18)7-11-13-9(15(20)23-11)5-8(6-10(13)16)22-14(19)17(2)3/h5-6,11,20H,4,7H2,1-3H3. The van der Waals surface area contributed by atoms with Gasteiger partial charge in [-0.15, -0.1) is 0 Å². The maximum absolute atomic E-state index is 11.6. The van der Waals surface area contributed by atoms with Crippen molar-refractivity contribution in [3.05, 3.63) is 22.7 Å². The Labute approximate surface area is 139 Å². The highest BCUT2D eigenvalue weighted by atomic mass is 35.5. The summed E-state index contributed by atoms with van der Waals surface area (Å²) in [7, 11) is 1.84. The lowest BCUT2D eigenvalue weighted by molar-refractivity contribution is -0.145. The Kier molecular flexibility index (Phi) is 5.51. The summed E-state index contributed by atoms with van der Waals surface area (Å²) in [6, 6.07) is 2.92. The van der Waals surface area contributed by atoms with Crippen LogP contribution in [0.5, 0.6) is 5.75 Å². The molecule has 1 heterocycles. The van der Waals surface area contributed by atoms with Crippen molar-refractivity contribution < 1.29 is 28.7 Å². The maximum atomic E-state index is 11.6. The van der Waals surface area contributed by atoms with Crippen LogP contribution in [0.1, 0.15) is 25.0 Å². The molecule has 0 bridgehead atoms. The summed E-state index contributed by atoms with van der Waals surface area (Å²) in [6.07, 6.45) is -1.34. The number of benzene rings is 1. The van der Waals surface area contributed by atoms with Crippen molar-refractivity contribution >= 4 is 36.2 Å². The number of ether oxygens (including phenoxy) is 2. The molecule has 0 fully saturated rings. The first-order chi connectivity index (χ1) is 10.8. The zero-order valence-corrected chi connectivity index (χ0v) is 13.8. The minimum absolute atomic E-state index is 0.0611. The van der Waals surface area contributed by atoms with Crippen molar-refractivity contribution in [2.45, 2.75) is 19.4 Å². The van der Waals surface area contributed by atoms with Crippen LogP contribution in [0.25, 0.3) is 0 Å². The van der Waals surface area contributed by atoms with Crippen LogP contribution in [0.15, 0.2) is 12.1 Å². The van der Waals surface area contributed by atoms with E-state index in [1.54, 1.807) is 21.0 Å². The molecule has 1 aromatic carbocycles. The number of fused-ring (bicyclic) bond motifs is 1. The average molecular weight is 342 g/mol. The normalized spacial score (nSPS) is 16.0. The van der Waals surface area contributed by atoms with E-state index in [4.69, 9.17) is 25.7 Å². The van der Waals surface area contributed by atoms with Gasteiger partial charge in [-0.3, -0.25) is 4.79 Å². The molecule has 2 rings (SSSR count). The molecule has 1 N–H and O–H groups in total. The molecule has 7 nitrogen and oxygen atoms in total. The number of rotatable bonds is 4. The molecule has 0 spiro atoms. The number of nitrogens with zero attached hydrogens (tertiary/aromatic N) is 1. The molecule has 0 aliphatic carbocycles. The van der Waals surface area contributed by atoms with E-state index in [0.717, 1.165) is 0 Å². The van der Waals surface area contributed by atoms with Crippen LogP contribution < -0.4 is 10.2 Å². The van der Waals surface area contributed by atoms with Crippen LogP contribution >= 0.6 is 11.6 Å². The molecule has 1 aliphatic heterocycles. The van der Waals surface area contributed by atoms with Gasteiger partial charge in [0.25, 0.3) is 0 Å². The predicted octanol–water partition coefficient (Wildman–Crippen LogP) is 1.11. The molecule has 0 saturated carbocycles. The summed E-state index contributed by atoms with van der Waals surface area (Å²) in [6.45, 7) is 1.96. The Balaban J connectivity index is 2.25. The minimum atomic E-state index is -1.25. The fraction of sp³-hybridized carbons (Fsp3) is 0.429. The predicted molar refractivity (Wildman–Crippen MR) is 83.8 cm³/mol. The SMILES string of the molecule is CCOC(=O)CC1OB(O)c2cc(OC(=O)N(C)C)cc(Cl)c21. The molecule has 0 radical (unpaired) electrons. The Hall–Kier alpha value is -1.77. The molecular weight excluding hydrogens is 324 g/mol. The summed E-state index contributed by atoms with van der Waals surface area (Å²) in [5, 5.41) is 10.2. The lowest BCUT2D eigenvalue weighted by Gasteiger charge is -2.14. The Morgan fingerprint density at radius 2 is 2.13 bits per heavy atom. The van der Waals surface area contributed by atoms with Gasteiger partial charge >= 0.3 is 19.2 Å². The Morgan fingerprint density at radius 1 is 1.43 bits per heavy atom. The second kappa shape index (κ2) is 7.20. The first-order valence-electron chi connectivity index (χ1n) is 7.05. The summed E-state index contributed by atoms with van der Waals surface area (Å²) >= 11 is 6.21. The number of amides is 1. The molecule has 1 atom stereocenters. The first-order valence-corrected chi connectivity index (χ1v) is 7.42. The second-order valence-corrected chi connectivity index (χ2v) is 5.56. The van der Waals surface area contributed by atoms with Crippen LogP contribution in [0.4, 0.5) is 4.79 Å². The molecule has 9 heteroatoms.